The molecule has 2 aliphatic heterocycles. The third-order valence-electron chi connectivity index (χ3n) is 5.61. The van der Waals surface area contributed by atoms with Crippen molar-refractivity contribution in [3.8, 4) is 16.9 Å². The molecule has 0 spiro atoms. The number of guanidine groups is 1. The van der Waals surface area contributed by atoms with Crippen LogP contribution >= 0.6 is 0 Å². The van der Waals surface area contributed by atoms with E-state index in [1.165, 1.54) is 11.0 Å². The van der Waals surface area contributed by atoms with Crippen molar-refractivity contribution in [2.45, 2.75) is 26.1 Å². The molecule has 2 aromatic rings. The molecule has 9 nitrogen and oxygen atoms in total. The number of anilines is 1. The van der Waals surface area contributed by atoms with Crippen LogP contribution in [0.15, 0.2) is 71.2 Å². The molecule has 2 aliphatic rings. The lowest BCUT2D eigenvalue weighted by molar-refractivity contribution is -0.0494. The lowest BCUT2D eigenvalue weighted by atomic mass is 10.0. The second-order valence-corrected chi connectivity index (χ2v) is 8.51. The average molecular weight is 472 g/mol. The summed E-state index contributed by atoms with van der Waals surface area (Å²) in [4.78, 5) is 7.58. The minimum Gasteiger partial charge on any atom is -0.433 e. The number of nitrogens with two attached hydrogens (primary N) is 2. The quantitative estimate of drug-likeness (QED) is 0.639. The number of rotatable bonds is 7. The molecule has 11 heteroatoms. The number of halogens is 2. The lowest BCUT2D eigenvalue weighted by Gasteiger charge is -2.38. The van der Waals surface area contributed by atoms with Gasteiger partial charge in [0.05, 0.1) is 29.7 Å². The largest absolute Gasteiger partial charge is 0.433 e. The molecule has 1 aromatic heterocycles. The van der Waals surface area contributed by atoms with Gasteiger partial charge in [0.1, 0.15) is 5.82 Å². The monoisotopic (exact) mass is 471 g/mol. The first kappa shape index (κ1) is 23.3. The Labute approximate surface area is 196 Å². The van der Waals surface area contributed by atoms with Gasteiger partial charge in [0.2, 0.25) is 5.96 Å². The van der Waals surface area contributed by atoms with Gasteiger partial charge >= 0.3 is 6.61 Å². The number of allylic oxidation sites excluding steroid dienone is 1. The van der Waals surface area contributed by atoms with Crippen molar-refractivity contribution in [1.29, 1.82) is 0 Å². The Morgan fingerprint density at radius 2 is 1.94 bits per heavy atom. The van der Waals surface area contributed by atoms with Crippen molar-refractivity contribution in [3.63, 3.8) is 0 Å². The van der Waals surface area contributed by atoms with Crippen LogP contribution in [0.25, 0.3) is 11.1 Å². The van der Waals surface area contributed by atoms with Crippen LogP contribution in [-0.4, -0.2) is 46.5 Å². The molecule has 3 heterocycles. The van der Waals surface area contributed by atoms with Gasteiger partial charge in [-0.25, -0.2) is 4.99 Å². The van der Waals surface area contributed by atoms with E-state index >= 15 is 0 Å². The van der Waals surface area contributed by atoms with Gasteiger partial charge < -0.3 is 25.8 Å². The first-order valence-electron chi connectivity index (χ1n) is 10.5. The van der Waals surface area contributed by atoms with E-state index in [0.717, 1.165) is 5.56 Å². The van der Waals surface area contributed by atoms with E-state index in [0.29, 0.717) is 29.2 Å². The van der Waals surface area contributed by atoms with Gasteiger partial charge in [-0.15, -0.1) is 0 Å². The predicted molar refractivity (Wildman–Crippen MR) is 126 cm³/mol. The number of aryl methyl sites for hydroxylation is 1. The lowest BCUT2D eigenvalue weighted by Crippen LogP contribution is -2.46. The molecule has 4 rings (SSSR count). The molecular weight excluding hydrogens is 444 g/mol. The minimum atomic E-state index is -3.04. The maximum Gasteiger partial charge on any atom is 0.387 e. The van der Waals surface area contributed by atoms with E-state index < -0.39 is 12.2 Å². The Morgan fingerprint density at radius 1 is 1.18 bits per heavy atom. The molecule has 180 valence electrons. The van der Waals surface area contributed by atoms with Gasteiger partial charge in [-0.3, -0.25) is 9.58 Å². The second kappa shape index (κ2) is 8.82. The van der Waals surface area contributed by atoms with Crippen molar-refractivity contribution < 1.29 is 18.3 Å². The molecule has 0 amide bonds. The van der Waals surface area contributed by atoms with E-state index in [1.54, 1.807) is 49.6 Å². The number of aliphatic imine (C=N–C) groups is 1. The molecule has 0 saturated carbocycles. The highest BCUT2D eigenvalue weighted by molar-refractivity contribution is 6.02. The van der Waals surface area contributed by atoms with Crippen molar-refractivity contribution >= 4 is 11.6 Å². The summed E-state index contributed by atoms with van der Waals surface area (Å²) in [5, 5.41) is 4.14. The van der Waals surface area contributed by atoms with Crippen molar-refractivity contribution in [3.05, 3.63) is 66.2 Å². The summed E-state index contributed by atoms with van der Waals surface area (Å²) in [5.74, 6) is 0.363. The predicted octanol–water partition coefficient (Wildman–Crippen LogP) is 3.09. The van der Waals surface area contributed by atoms with Crippen LogP contribution in [-0.2, 0) is 11.8 Å². The number of aromatic nitrogens is 2. The smallest absolute Gasteiger partial charge is 0.387 e. The number of methoxy groups -OCH3 is 1. The maximum atomic E-state index is 13.4. The van der Waals surface area contributed by atoms with Crippen LogP contribution in [0.5, 0.6) is 5.75 Å². The van der Waals surface area contributed by atoms with Gasteiger partial charge in [0, 0.05) is 43.9 Å². The van der Waals surface area contributed by atoms with Crippen LogP contribution in [0.2, 0.25) is 0 Å². The van der Waals surface area contributed by atoms with Crippen LogP contribution in [0.3, 0.4) is 0 Å². The zero-order chi connectivity index (χ0) is 24.6. The Kier molecular flexibility index (Phi) is 6.05. The molecule has 4 N–H and O–H groups in total. The first-order chi connectivity index (χ1) is 16.1. The van der Waals surface area contributed by atoms with E-state index in [4.69, 9.17) is 20.9 Å². The number of hydrogen-bond donors (Lipinski definition) is 2. The van der Waals surface area contributed by atoms with Crippen LogP contribution in [0.4, 0.5) is 14.5 Å². The molecule has 0 unspecified atom stereocenters. The molecule has 0 fully saturated rings. The molecule has 0 saturated heterocycles. The van der Waals surface area contributed by atoms with Crippen molar-refractivity contribution in [2.75, 3.05) is 18.6 Å². The standard InChI is InChI=1S/C23H27F2N7O2/c1-23(2,33-4)13-31-8-7-15-10-28-22(27)32(19(15)20(31)26)17-6-5-14(9-18(17)34-21(24)25)16-11-29-30(3)12-16/h5-12,21H,13,26H2,1-4H3,(H2,27,28). The van der Waals surface area contributed by atoms with E-state index in [-0.39, 0.29) is 17.4 Å². The summed E-state index contributed by atoms with van der Waals surface area (Å²) in [6.45, 7) is 1.28. The highest BCUT2D eigenvalue weighted by Crippen LogP contribution is 2.40. The summed E-state index contributed by atoms with van der Waals surface area (Å²) < 4.78 is 38.9. The number of hydrogen-bond acceptors (Lipinski definition) is 8. The van der Waals surface area contributed by atoms with Crippen LogP contribution in [0, 0.1) is 0 Å². The van der Waals surface area contributed by atoms with Gasteiger partial charge in [0.25, 0.3) is 0 Å². The van der Waals surface area contributed by atoms with Crippen molar-refractivity contribution in [2.24, 2.45) is 23.5 Å². The molecular formula is C23H27F2N7O2. The molecule has 34 heavy (non-hydrogen) atoms. The zero-order valence-electron chi connectivity index (χ0n) is 19.4. The normalized spacial score (nSPS) is 16.1. The summed E-state index contributed by atoms with van der Waals surface area (Å²) in [6, 6.07) is 4.94. The van der Waals surface area contributed by atoms with Gasteiger partial charge in [0.15, 0.2) is 5.75 Å². The fourth-order valence-electron chi connectivity index (χ4n) is 3.76. The van der Waals surface area contributed by atoms with Gasteiger partial charge in [-0.1, -0.05) is 6.07 Å². The number of ether oxygens (including phenoxy) is 2. The maximum absolute atomic E-state index is 13.4. The number of benzene rings is 1. The minimum absolute atomic E-state index is 0.0659. The molecule has 0 radical (unpaired) electrons. The Hall–Kier alpha value is -3.86. The average Bonchev–Trinajstić information content (AvgIpc) is 3.22. The number of fused-ring (bicyclic) bond motifs is 1. The number of nitrogens with zero attached hydrogens (tertiary/aromatic N) is 5. The highest BCUT2D eigenvalue weighted by Gasteiger charge is 2.33. The first-order valence-corrected chi connectivity index (χ1v) is 10.5. The van der Waals surface area contributed by atoms with Gasteiger partial charge in [-0.2, -0.15) is 13.9 Å². The topological polar surface area (TPSA) is 107 Å². The Morgan fingerprint density at radius 3 is 2.59 bits per heavy atom. The molecule has 0 atom stereocenters. The fourth-order valence-corrected chi connectivity index (χ4v) is 3.76. The van der Waals surface area contributed by atoms with Crippen molar-refractivity contribution in [1.82, 2.24) is 14.7 Å². The molecule has 0 aliphatic carbocycles. The van der Waals surface area contributed by atoms with Crippen LogP contribution in [0.1, 0.15) is 13.8 Å². The summed E-state index contributed by atoms with van der Waals surface area (Å²) in [7, 11) is 3.40. The summed E-state index contributed by atoms with van der Waals surface area (Å²) >= 11 is 0. The van der Waals surface area contributed by atoms with E-state index in [2.05, 4.69) is 10.1 Å². The third kappa shape index (κ3) is 4.46. The van der Waals surface area contributed by atoms with E-state index in [1.807, 2.05) is 31.0 Å². The number of alkyl halides is 2. The molecule has 0 bridgehead atoms. The fraction of sp³-hybridized carbons (Fsp3) is 0.304. The second-order valence-electron chi connectivity index (χ2n) is 8.51. The summed E-state index contributed by atoms with van der Waals surface area (Å²) in [6.07, 6.45) is 8.66. The SMILES string of the molecule is COC(C)(C)CN1C=CC2=CN=C(N)N(c3ccc(-c4cnn(C)c4)cc3OC(F)F)C2=C1N. The van der Waals surface area contributed by atoms with E-state index in [9.17, 15) is 8.78 Å². The highest BCUT2D eigenvalue weighted by atomic mass is 19.3. The van der Waals surface area contributed by atoms with Crippen LogP contribution < -0.4 is 21.1 Å². The molecule has 1 aromatic carbocycles. The third-order valence-corrected chi connectivity index (χ3v) is 5.61. The Bertz CT molecular complexity index is 1210. The zero-order valence-corrected chi connectivity index (χ0v) is 19.4. The van der Waals surface area contributed by atoms with Gasteiger partial charge in [-0.05, 0) is 37.6 Å². The summed E-state index contributed by atoms with van der Waals surface area (Å²) in [5.41, 5.74) is 15.2. The Balaban J connectivity index is 1.81.